The molecule has 2 aromatic carbocycles. The quantitative estimate of drug-likeness (QED) is 0.686. The van der Waals surface area contributed by atoms with Gasteiger partial charge < -0.3 is 10.1 Å². The van der Waals surface area contributed by atoms with Crippen LogP contribution in [0.2, 0.25) is 0 Å². The minimum Gasteiger partial charge on any atom is -0.383 e. The van der Waals surface area contributed by atoms with Crippen LogP contribution in [-0.2, 0) is 21.3 Å². The summed E-state index contributed by atoms with van der Waals surface area (Å²) in [6.45, 7) is 2.07. The third-order valence-electron chi connectivity index (χ3n) is 3.76. The highest BCUT2D eigenvalue weighted by molar-refractivity contribution is 7.89. The molecule has 0 bridgehead atoms. The van der Waals surface area contributed by atoms with Gasteiger partial charge in [0.05, 0.1) is 11.5 Å². The fourth-order valence-corrected chi connectivity index (χ4v) is 3.33. The molecule has 0 radical (unpaired) electrons. The van der Waals surface area contributed by atoms with Crippen molar-refractivity contribution in [3.63, 3.8) is 0 Å². The number of methoxy groups -OCH3 is 1. The van der Waals surface area contributed by atoms with Gasteiger partial charge in [-0.2, -0.15) is 0 Å². The van der Waals surface area contributed by atoms with Crippen LogP contribution in [0.5, 0.6) is 0 Å². The topological polar surface area (TPSA) is 84.5 Å². The first-order chi connectivity index (χ1) is 12.3. The van der Waals surface area contributed by atoms with Gasteiger partial charge in [-0.05, 0) is 30.7 Å². The number of aryl methyl sites for hydroxylation is 1. The first-order valence-electron chi connectivity index (χ1n) is 7.96. The highest BCUT2D eigenvalue weighted by Gasteiger charge is 2.18. The Balaban J connectivity index is 2.16. The third-order valence-corrected chi connectivity index (χ3v) is 5.22. The van der Waals surface area contributed by atoms with E-state index >= 15 is 0 Å². The van der Waals surface area contributed by atoms with Crippen molar-refractivity contribution >= 4 is 15.9 Å². The molecule has 2 rings (SSSR count). The summed E-state index contributed by atoms with van der Waals surface area (Å²) < 4.78 is 45.4. The van der Waals surface area contributed by atoms with E-state index in [1.807, 2.05) is 0 Å². The van der Waals surface area contributed by atoms with Gasteiger partial charge in [-0.15, -0.1) is 0 Å². The number of sulfonamides is 1. The monoisotopic (exact) mass is 380 g/mol. The van der Waals surface area contributed by atoms with Crippen molar-refractivity contribution in [3.8, 4) is 0 Å². The van der Waals surface area contributed by atoms with Gasteiger partial charge in [0.2, 0.25) is 10.0 Å². The Morgan fingerprint density at radius 1 is 1.19 bits per heavy atom. The molecule has 26 heavy (non-hydrogen) atoms. The smallest absolute Gasteiger partial charge is 0.251 e. The summed E-state index contributed by atoms with van der Waals surface area (Å²) in [5, 5.41) is 2.61. The van der Waals surface area contributed by atoms with Crippen molar-refractivity contribution in [2.24, 2.45) is 0 Å². The molecule has 0 aliphatic carbocycles. The van der Waals surface area contributed by atoms with Crippen LogP contribution in [0.15, 0.2) is 47.4 Å². The Bertz CT molecular complexity index is 885. The van der Waals surface area contributed by atoms with Gasteiger partial charge in [0, 0.05) is 31.3 Å². The zero-order valence-electron chi connectivity index (χ0n) is 14.6. The average Bonchev–Trinajstić information content (AvgIpc) is 2.61. The van der Waals surface area contributed by atoms with E-state index in [0.717, 1.165) is 0 Å². The molecule has 2 aromatic rings. The van der Waals surface area contributed by atoms with Gasteiger partial charge in [-0.3, -0.25) is 4.79 Å². The van der Waals surface area contributed by atoms with Crippen LogP contribution in [0, 0.1) is 12.7 Å². The molecule has 0 aliphatic heterocycles. The molecule has 1 amide bonds. The van der Waals surface area contributed by atoms with Gasteiger partial charge in [0.25, 0.3) is 5.91 Å². The molecular formula is C18H21FN2O4S. The van der Waals surface area contributed by atoms with E-state index in [0.29, 0.717) is 11.1 Å². The van der Waals surface area contributed by atoms with Crippen LogP contribution in [-0.4, -0.2) is 34.6 Å². The van der Waals surface area contributed by atoms with E-state index < -0.39 is 21.7 Å². The zero-order valence-corrected chi connectivity index (χ0v) is 15.4. The highest BCUT2D eigenvalue weighted by atomic mass is 32.2. The number of carbonyl (C=O) groups is 1. The van der Waals surface area contributed by atoms with Crippen LogP contribution in [0.25, 0.3) is 0 Å². The van der Waals surface area contributed by atoms with E-state index in [-0.39, 0.29) is 30.2 Å². The lowest BCUT2D eigenvalue weighted by atomic mass is 10.1. The predicted molar refractivity (Wildman–Crippen MR) is 95.8 cm³/mol. The van der Waals surface area contributed by atoms with Gasteiger partial charge in [-0.25, -0.2) is 17.5 Å². The first-order valence-corrected chi connectivity index (χ1v) is 9.44. The van der Waals surface area contributed by atoms with E-state index in [1.165, 1.54) is 25.3 Å². The number of benzene rings is 2. The van der Waals surface area contributed by atoms with Crippen molar-refractivity contribution in [2.75, 3.05) is 20.3 Å². The first kappa shape index (κ1) is 20.0. The Morgan fingerprint density at radius 3 is 2.62 bits per heavy atom. The van der Waals surface area contributed by atoms with Crippen molar-refractivity contribution in [1.82, 2.24) is 10.0 Å². The number of nitrogens with one attached hydrogen (secondary N) is 2. The van der Waals surface area contributed by atoms with E-state index in [4.69, 9.17) is 4.74 Å². The lowest BCUT2D eigenvalue weighted by molar-refractivity contribution is 0.0949. The maximum Gasteiger partial charge on any atom is 0.251 e. The summed E-state index contributed by atoms with van der Waals surface area (Å²) in [5.41, 5.74) is 1.19. The molecule has 140 valence electrons. The second kappa shape index (κ2) is 8.88. The lowest BCUT2D eigenvalue weighted by Crippen LogP contribution is -2.28. The molecule has 0 saturated carbocycles. The van der Waals surface area contributed by atoms with E-state index in [2.05, 4.69) is 10.0 Å². The largest absolute Gasteiger partial charge is 0.383 e. The van der Waals surface area contributed by atoms with Crippen LogP contribution in [0.1, 0.15) is 21.5 Å². The lowest BCUT2D eigenvalue weighted by Gasteiger charge is -2.11. The Hall–Kier alpha value is -2.29. The Kier molecular flexibility index (Phi) is 6.84. The molecule has 0 aliphatic rings. The molecule has 6 nitrogen and oxygen atoms in total. The van der Waals surface area contributed by atoms with Gasteiger partial charge >= 0.3 is 0 Å². The van der Waals surface area contributed by atoms with Crippen molar-refractivity contribution < 1.29 is 22.3 Å². The van der Waals surface area contributed by atoms with E-state index in [9.17, 15) is 17.6 Å². The van der Waals surface area contributed by atoms with Crippen molar-refractivity contribution in [1.29, 1.82) is 0 Å². The molecule has 2 N–H and O–H groups in total. The molecule has 8 heteroatoms. The fourth-order valence-electron chi connectivity index (χ4n) is 2.29. The highest BCUT2D eigenvalue weighted by Crippen LogP contribution is 2.16. The predicted octanol–water partition coefficient (Wildman–Crippen LogP) is 1.99. The fraction of sp³-hybridized carbons (Fsp3) is 0.278. The van der Waals surface area contributed by atoms with Crippen molar-refractivity contribution in [2.45, 2.75) is 18.4 Å². The number of halogens is 1. The van der Waals surface area contributed by atoms with Gasteiger partial charge in [0.15, 0.2) is 0 Å². The molecule has 0 spiro atoms. The standard InChI is InChI=1S/C18H21FN2O4S/c1-13-7-8-15(26(23,24)21-9-10-25-2)11-16(13)18(22)20-12-14-5-3-4-6-17(14)19/h3-8,11,21H,9-10,12H2,1-2H3,(H,20,22). The van der Waals surface area contributed by atoms with Gasteiger partial charge in [0.1, 0.15) is 5.82 Å². The van der Waals surface area contributed by atoms with Crippen LogP contribution >= 0.6 is 0 Å². The second-order valence-corrected chi connectivity index (χ2v) is 7.41. The normalized spacial score (nSPS) is 11.3. The van der Waals surface area contributed by atoms with E-state index in [1.54, 1.807) is 31.2 Å². The number of amides is 1. The van der Waals surface area contributed by atoms with Gasteiger partial charge in [-0.1, -0.05) is 24.3 Å². The maximum atomic E-state index is 13.6. The molecule has 0 unspecified atom stereocenters. The van der Waals surface area contributed by atoms with Crippen LogP contribution in [0.4, 0.5) is 4.39 Å². The van der Waals surface area contributed by atoms with Crippen molar-refractivity contribution in [3.05, 3.63) is 65.0 Å². The SMILES string of the molecule is COCCNS(=O)(=O)c1ccc(C)c(C(=O)NCc2ccccc2F)c1. The average molecular weight is 380 g/mol. The summed E-state index contributed by atoms with van der Waals surface area (Å²) in [7, 11) is -2.28. The zero-order chi connectivity index (χ0) is 19.2. The molecule has 0 saturated heterocycles. The maximum absolute atomic E-state index is 13.6. The number of hydrogen-bond acceptors (Lipinski definition) is 4. The summed E-state index contributed by atoms with van der Waals surface area (Å²) >= 11 is 0. The number of carbonyl (C=O) groups excluding carboxylic acids is 1. The number of ether oxygens (including phenoxy) is 1. The van der Waals surface area contributed by atoms with Crippen LogP contribution in [0.3, 0.4) is 0 Å². The summed E-state index contributed by atoms with van der Waals surface area (Å²) in [6.07, 6.45) is 0. The molecular weight excluding hydrogens is 359 g/mol. The summed E-state index contributed by atoms with van der Waals surface area (Å²) in [6, 6.07) is 10.4. The van der Waals surface area contributed by atoms with Crippen LogP contribution < -0.4 is 10.0 Å². The number of hydrogen-bond donors (Lipinski definition) is 2. The molecule has 0 atom stereocenters. The summed E-state index contributed by atoms with van der Waals surface area (Å²) in [4.78, 5) is 12.4. The molecule has 0 heterocycles. The number of rotatable bonds is 8. The molecule has 0 fully saturated rings. The minimum atomic E-state index is -3.75. The Labute approximate surface area is 152 Å². The second-order valence-electron chi connectivity index (χ2n) is 5.64. The molecule has 0 aromatic heterocycles. The summed E-state index contributed by atoms with van der Waals surface area (Å²) in [5.74, 6) is -0.886. The third kappa shape index (κ3) is 5.10. The Morgan fingerprint density at radius 2 is 1.92 bits per heavy atom. The minimum absolute atomic E-state index is 0.00795.